The summed E-state index contributed by atoms with van der Waals surface area (Å²) in [5.41, 5.74) is 4.11. The highest BCUT2D eigenvalue weighted by Crippen LogP contribution is 2.35. The molecule has 0 saturated heterocycles. The van der Waals surface area contributed by atoms with Crippen LogP contribution in [0.5, 0.6) is 5.75 Å². The lowest BCUT2D eigenvalue weighted by molar-refractivity contribution is -0.385. The van der Waals surface area contributed by atoms with Gasteiger partial charge in [-0.3, -0.25) is 30.6 Å². The van der Waals surface area contributed by atoms with Gasteiger partial charge in [0.15, 0.2) is 12.4 Å². The number of carbonyl (C=O) groups is 2. The normalized spacial score (nSPS) is 10.8. The molecular weight excluding hydrogens is 418 g/mol. The Morgan fingerprint density at radius 3 is 2.62 bits per heavy atom. The fourth-order valence-corrected chi connectivity index (χ4v) is 3.77. The van der Waals surface area contributed by atoms with E-state index in [1.165, 1.54) is 35.6 Å². The van der Waals surface area contributed by atoms with Gasteiger partial charge in [-0.25, -0.2) is 0 Å². The lowest BCUT2D eigenvalue weighted by Crippen LogP contribution is -2.43. The molecule has 3 aromatic rings. The molecule has 0 aliphatic rings. The lowest BCUT2D eigenvalue weighted by atomic mass is 10.2. The number of hydrogen-bond donors (Lipinski definition) is 2. The Kier molecular flexibility index (Phi) is 6.43. The Morgan fingerprint density at radius 2 is 1.86 bits per heavy atom. The number of fused-ring (bicyclic) bond motifs is 1. The zero-order valence-corrected chi connectivity index (χ0v) is 16.3. The van der Waals surface area contributed by atoms with E-state index < -0.39 is 23.3 Å². The van der Waals surface area contributed by atoms with E-state index in [4.69, 9.17) is 16.3 Å². The van der Waals surface area contributed by atoms with E-state index in [0.29, 0.717) is 9.90 Å². The number of amides is 2. The van der Waals surface area contributed by atoms with Crippen LogP contribution < -0.4 is 15.6 Å². The third-order valence-corrected chi connectivity index (χ3v) is 5.35. The van der Waals surface area contributed by atoms with E-state index in [9.17, 15) is 19.7 Å². The van der Waals surface area contributed by atoms with Gasteiger partial charge >= 0.3 is 5.69 Å². The second-order valence-electron chi connectivity index (χ2n) is 5.66. The molecule has 1 aromatic heterocycles. The summed E-state index contributed by atoms with van der Waals surface area (Å²) >= 11 is 7.73. The molecule has 2 aromatic carbocycles. The maximum atomic E-state index is 11.9. The zero-order chi connectivity index (χ0) is 20.8. The maximum Gasteiger partial charge on any atom is 0.310 e. The largest absolute Gasteiger partial charge is 0.477 e. The average molecular weight is 432 g/mol. The Hall–Kier alpha value is -3.43. The van der Waals surface area contributed by atoms with E-state index in [2.05, 4.69) is 10.9 Å². The summed E-state index contributed by atoms with van der Waals surface area (Å²) in [6, 6.07) is 13.3. The topological polar surface area (TPSA) is 111 Å². The van der Waals surface area contributed by atoms with E-state index >= 15 is 0 Å². The van der Waals surface area contributed by atoms with Crippen molar-refractivity contribution in [2.75, 3.05) is 6.61 Å². The molecule has 0 fully saturated rings. The smallest absolute Gasteiger partial charge is 0.310 e. The zero-order valence-electron chi connectivity index (χ0n) is 14.8. The van der Waals surface area contributed by atoms with E-state index in [1.807, 2.05) is 24.3 Å². The van der Waals surface area contributed by atoms with Gasteiger partial charge in [0.1, 0.15) is 0 Å². The van der Waals surface area contributed by atoms with Gasteiger partial charge in [-0.15, -0.1) is 11.3 Å². The Balaban J connectivity index is 1.51. The summed E-state index contributed by atoms with van der Waals surface area (Å²) in [7, 11) is 0. The first-order chi connectivity index (χ1) is 14.0. The summed E-state index contributed by atoms with van der Waals surface area (Å²) in [6.45, 7) is -0.503. The Morgan fingerprint density at radius 1 is 1.14 bits per heavy atom. The van der Waals surface area contributed by atoms with Crippen LogP contribution in [-0.4, -0.2) is 23.3 Å². The molecule has 10 heteroatoms. The van der Waals surface area contributed by atoms with Crippen LogP contribution in [-0.2, 0) is 9.59 Å². The Bertz CT molecular complexity index is 1110. The van der Waals surface area contributed by atoms with Crippen molar-refractivity contribution < 1.29 is 19.2 Å². The number of halogens is 1. The number of nitro benzene ring substituents is 1. The number of para-hydroxylation sites is 2. The summed E-state index contributed by atoms with van der Waals surface area (Å²) < 4.78 is 6.13. The number of nitrogens with zero attached hydrogens (tertiary/aromatic N) is 1. The standard InChI is InChI=1S/C19H14ClN3O5S/c20-19-12-5-1-4-8-15(12)29-16(19)9-10-17(24)21-22-18(25)11-28-14-7-3-2-6-13(14)23(26)27/h1-10H,11H2,(H,21,24)(H,22,25)/b10-9+. The molecule has 2 N–H and O–H groups in total. The summed E-state index contributed by atoms with van der Waals surface area (Å²) in [6.07, 6.45) is 2.79. The first-order valence-corrected chi connectivity index (χ1v) is 9.45. The van der Waals surface area contributed by atoms with E-state index in [-0.39, 0.29) is 11.4 Å². The van der Waals surface area contributed by atoms with Gasteiger partial charge in [0.25, 0.3) is 11.8 Å². The average Bonchev–Trinajstić information content (AvgIpc) is 3.05. The van der Waals surface area contributed by atoms with Gasteiger partial charge in [0, 0.05) is 27.1 Å². The van der Waals surface area contributed by atoms with Crippen LogP contribution in [0.2, 0.25) is 5.02 Å². The monoisotopic (exact) mass is 431 g/mol. The van der Waals surface area contributed by atoms with Crippen molar-refractivity contribution in [2.45, 2.75) is 0 Å². The van der Waals surface area contributed by atoms with E-state index in [1.54, 1.807) is 12.1 Å². The van der Waals surface area contributed by atoms with Gasteiger partial charge in [0.2, 0.25) is 0 Å². The van der Waals surface area contributed by atoms with Crippen molar-refractivity contribution in [2.24, 2.45) is 0 Å². The molecule has 0 bridgehead atoms. The third-order valence-electron chi connectivity index (χ3n) is 3.69. The van der Waals surface area contributed by atoms with Gasteiger partial charge < -0.3 is 4.74 Å². The number of hydrogen-bond acceptors (Lipinski definition) is 6. The fourth-order valence-electron chi connectivity index (χ4n) is 2.37. The minimum atomic E-state index is -0.676. The number of ether oxygens (including phenoxy) is 1. The Labute approximate surface area is 173 Å². The number of hydrazine groups is 1. The summed E-state index contributed by atoms with van der Waals surface area (Å²) in [5, 5.41) is 12.4. The van der Waals surface area contributed by atoms with Crippen molar-refractivity contribution >= 4 is 56.6 Å². The second-order valence-corrected chi connectivity index (χ2v) is 7.12. The molecule has 0 aliphatic heterocycles. The molecule has 0 radical (unpaired) electrons. The van der Waals surface area contributed by atoms with Crippen LogP contribution >= 0.6 is 22.9 Å². The predicted octanol–water partition coefficient (Wildman–Crippen LogP) is 3.70. The van der Waals surface area contributed by atoms with Crippen LogP contribution in [0.3, 0.4) is 0 Å². The number of thiophene rings is 1. The van der Waals surface area contributed by atoms with Crippen LogP contribution in [0.4, 0.5) is 5.69 Å². The molecule has 29 heavy (non-hydrogen) atoms. The first kappa shape index (κ1) is 20.3. The van der Waals surface area contributed by atoms with Gasteiger partial charge in [0.05, 0.1) is 9.95 Å². The van der Waals surface area contributed by atoms with Crippen LogP contribution in [0, 0.1) is 10.1 Å². The minimum absolute atomic E-state index is 0.0433. The van der Waals surface area contributed by atoms with Gasteiger partial charge in [-0.1, -0.05) is 41.9 Å². The highest BCUT2D eigenvalue weighted by molar-refractivity contribution is 7.20. The van der Waals surface area contributed by atoms with Crippen LogP contribution in [0.1, 0.15) is 4.88 Å². The summed E-state index contributed by atoms with van der Waals surface area (Å²) in [4.78, 5) is 34.7. The number of nitro groups is 1. The van der Waals surface area contributed by atoms with Gasteiger partial charge in [-0.2, -0.15) is 0 Å². The number of benzene rings is 2. The van der Waals surface area contributed by atoms with Crippen molar-refractivity contribution in [1.29, 1.82) is 0 Å². The van der Waals surface area contributed by atoms with Gasteiger partial charge in [-0.05, 0) is 18.2 Å². The molecule has 3 rings (SSSR count). The molecular formula is C19H14ClN3O5S. The quantitative estimate of drug-likeness (QED) is 0.351. The molecule has 0 saturated carbocycles. The number of rotatable bonds is 6. The van der Waals surface area contributed by atoms with Crippen molar-refractivity contribution in [3.05, 3.63) is 74.6 Å². The molecule has 0 unspecified atom stereocenters. The SMILES string of the molecule is O=C(/C=C/c1sc2ccccc2c1Cl)NNC(=O)COc1ccccc1[N+](=O)[O-]. The molecule has 8 nitrogen and oxygen atoms in total. The van der Waals surface area contributed by atoms with E-state index in [0.717, 1.165) is 10.1 Å². The first-order valence-electron chi connectivity index (χ1n) is 8.26. The number of nitrogens with one attached hydrogen (secondary N) is 2. The molecule has 148 valence electrons. The molecule has 0 aliphatic carbocycles. The highest BCUT2D eigenvalue weighted by Gasteiger charge is 2.15. The molecule has 0 spiro atoms. The second kappa shape index (κ2) is 9.18. The minimum Gasteiger partial charge on any atom is -0.477 e. The van der Waals surface area contributed by atoms with Crippen LogP contribution in [0.25, 0.3) is 16.2 Å². The number of carbonyl (C=O) groups excluding carboxylic acids is 2. The molecule has 1 heterocycles. The summed E-state index contributed by atoms with van der Waals surface area (Å²) in [5.74, 6) is -1.29. The molecule has 0 atom stereocenters. The van der Waals surface area contributed by atoms with Crippen molar-refractivity contribution in [3.63, 3.8) is 0 Å². The molecule has 2 amide bonds. The predicted molar refractivity (Wildman–Crippen MR) is 111 cm³/mol. The maximum absolute atomic E-state index is 11.9. The van der Waals surface area contributed by atoms with Crippen LogP contribution in [0.15, 0.2) is 54.6 Å². The lowest BCUT2D eigenvalue weighted by Gasteiger charge is -2.07. The van der Waals surface area contributed by atoms with Crippen molar-refractivity contribution in [1.82, 2.24) is 10.9 Å². The highest BCUT2D eigenvalue weighted by atomic mass is 35.5. The van der Waals surface area contributed by atoms with Crippen molar-refractivity contribution in [3.8, 4) is 5.75 Å². The fraction of sp³-hybridized carbons (Fsp3) is 0.0526. The third kappa shape index (κ3) is 5.09.